The molecule has 1 aliphatic carbocycles. The van der Waals surface area contributed by atoms with E-state index < -0.39 is 0 Å². The molecule has 2 unspecified atom stereocenters. The van der Waals surface area contributed by atoms with Crippen LogP contribution in [-0.4, -0.2) is 11.0 Å². The van der Waals surface area contributed by atoms with Crippen molar-refractivity contribution in [3.8, 4) is 12.1 Å². The van der Waals surface area contributed by atoms with Crippen LogP contribution in [-0.2, 0) is 4.79 Å². The van der Waals surface area contributed by atoms with Gasteiger partial charge in [0.15, 0.2) is 5.78 Å². The summed E-state index contributed by atoms with van der Waals surface area (Å²) in [5.74, 6) is 0.0483. The van der Waals surface area contributed by atoms with Gasteiger partial charge in [-0.05, 0) is 17.2 Å². The number of benzene rings is 1. The van der Waals surface area contributed by atoms with Gasteiger partial charge in [-0.1, -0.05) is 18.2 Å². The SMILES string of the molecule is N#CC(C#N)=C1CC(=O)C2Sc3ccccc3C12. The molecule has 18 heavy (non-hydrogen) atoms. The zero-order chi connectivity index (χ0) is 12.7. The molecule has 0 amide bonds. The van der Waals surface area contributed by atoms with Crippen LogP contribution >= 0.6 is 11.8 Å². The van der Waals surface area contributed by atoms with Crippen LogP contribution in [0.15, 0.2) is 40.3 Å². The normalized spacial score (nSPS) is 24.1. The van der Waals surface area contributed by atoms with Gasteiger partial charge in [0.2, 0.25) is 0 Å². The van der Waals surface area contributed by atoms with E-state index in [2.05, 4.69) is 0 Å². The fourth-order valence-corrected chi connectivity index (χ4v) is 4.07. The fourth-order valence-electron chi connectivity index (χ4n) is 2.65. The second-order valence-electron chi connectivity index (χ2n) is 4.32. The molecule has 0 N–H and O–H groups in total. The van der Waals surface area contributed by atoms with Crippen LogP contribution in [0.4, 0.5) is 0 Å². The first-order valence-electron chi connectivity index (χ1n) is 5.57. The van der Waals surface area contributed by atoms with Gasteiger partial charge in [0.25, 0.3) is 0 Å². The number of carbonyl (C=O) groups is 1. The third-order valence-corrected chi connectivity index (χ3v) is 4.83. The van der Waals surface area contributed by atoms with E-state index in [1.165, 1.54) is 0 Å². The zero-order valence-electron chi connectivity index (χ0n) is 9.38. The van der Waals surface area contributed by atoms with Gasteiger partial charge in [-0.3, -0.25) is 4.79 Å². The lowest BCUT2D eigenvalue weighted by molar-refractivity contribution is -0.116. The Morgan fingerprint density at radius 2 is 2.00 bits per heavy atom. The number of hydrogen-bond acceptors (Lipinski definition) is 4. The highest BCUT2D eigenvalue weighted by atomic mass is 32.2. The highest BCUT2D eigenvalue weighted by Gasteiger charge is 2.46. The molecular formula is C14H8N2OS. The second kappa shape index (κ2) is 4.01. The lowest BCUT2D eigenvalue weighted by atomic mass is 9.91. The number of rotatable bonds is 0. The molecule has 4 heteroatoms. The van der Waals surface area contributed by atoms with Crippen molar-refractivity contribution >= 4 is 17.5 Å². The van der Waals surface area contributed by atoms with Crippen molar-refractivity contribution < 1.29 is 4.79 Å². The minimum absolute atomic E-state index is 0.0759. The van der Waals surface area contributed by atoms with Crippen LogP contribution in [0.2, 0.25) is 0 Å². The van der Waals surface area contributed by atoms with E-state index in [-0.39, 0.29) is 28.9 Å². The molecule has 1 aromatic rings. The van der Waals surface area contributed by atoms with Crippen LogP contribution < -0.4 is 0 Å². The summed E-state index contributed by atoms with van der Waals surface area (Å²) in [6.45, 7) is 0. The summed E-state index contributed by atoms with van der Waals surface area (Å²) in [6.07, 6.45) is 0.243. The van der Waals surface area contributed by atoms with Crippen LogP contribution in [0, 0.1) is 22.7 Å². The van der Waals surface area contributed by atoms with Crippen LogP contribution in [0.3, 0.4) is 0 Å². The van der Waals surface area contributed by atoms with Gasteiger partial charge in [-0.15, -0.1) is 11.8 Å². The minimum atomic E-state index is -0.144. The lowest BCUT2D eigenvalue weighted by Gasteiger charge is -2.10. The standard InChI is InChI=1S/C14H8N2OS/c15-6-8(7-16)10-5-11(17)14-13(10)9-3-1-2-4-12(9)18-14/h1-4,13-14H,5H2. The maximum atomic E-state index is 12.0. The Hall–Kier alpha value is -2.04. The molecule has 1 aliphatic heterocycles. The monoisotopic (exact) mass is 252 g/mol. The lowest BCUT2D eigenvalue weighted by Crippen LogP contribution is -2.10. The first-order chi connectivity index (χ1) is 8.76. The highest BCUT2D eigenvalue weighted by Crippen LogP contribution is 2.54. The van der Waals surface area contributed by atoms with Crippen molar-refractivity contribution in [1.29, 1.82) is 10.5 Å². The topological polar surface area (TPSA) is 64.7 Å². The van der Waals surface area contributed by atoms with E-state index >= 15 is 0 Å². The van der Waals surface area contributed by atoms with Crippen LogP contribution in [0.5, 0.6) is 0 Å². The van der Waals surface area contributed by atoms with E-state index in [0.29, 0.717) is 5.57 Å². The van der Waals surface area contributed by atoms with Gasteiger partial charge in [0.05, 0.1) is 5.25 Å². The fraction of sp³-hybridized carbons (Fsp3) is 0.214. The molecule has 0 saturated heterocycles. The number of nitrogens with zero attached hydrogens (tertiary/aromatic N) is 2. The Balaban J connectivity index is 2.20. The van der Waals surface area contributed by atoms with Gasteiger partial charge in [0, 0.05) is 17.2 Å². The molecule has 2 aliphatic rings. The van der Waals surface area contributed by atoms with Crippen molar-refractivity contribution in [2.45, 2.75) is 22.5 Å². The average Bonchev–Trinajstić information content (AvgIpc) is 2.91. The third-order valence-electron chi connectivity index (χ3n) is 3.41. The summed E-state index contributed by atoms with van der Waals surface area (Å²) in [4.78, 5) is 13.1. The Kier molecular flexibility index (Phi) is 2.47. The van der Waals surface area contributed by atoms with Crippen molar-refractivity contribution in [3.05, 3.63) is 41.0 Å². The van der Waals surface area contributed by atoms with Gasteiger partial charge < -0.3 is 0 Å². The number of nitriles is 2. The van der Waals surface area contributed by atoms with Gasteiger partial charge in [-0.2, -0.15) is 10.5 Å². The summed E-state index contributed by atoms with van der Waals surface area (Å²) in [6, 6.07) is 11.7. The quantitative estimate of drug-likeness (QED) is 0.666. The number of Topliss-reactive ketones (excluding diaryl/α,β-unsaturated/α-hetero) is 1. The van der Waals surface area contributed by atoms with Crippen LogP contribution in [0.1, 0.15) is 17.9 Å². The van der Waals surface area contributed by atoms with Gasteiger partial charge >= 0.3 is 0 Å². The smallest absolute Gasteiger partial charge is 0.151 e. The summed E-state index contributed by atoms with van der Waals surface area (Å²) >= 11 is 1.55. The molecule has 2 atom stereocenters. The van der Waals surface area contributed by atoms with Gasteiger partial charge in [0.1, 0.15) is 17.7 Å². The molecule has 86 valence electrons. The first kappa shape index (κ1) is 11.1. The maximum absolute atomic E-state index is 12.0. The van der Waals surface area contributed by atoms with Crippen molar-refractivity contribution in [1.82, 2.24) is 0 Å². The van der Waals surface area contributed by atoms with E-state index in [0.717, 1.165) is 10.5 Å². The summed E-state index contributed by atoms with van der Waals surface area (Å²) in [5.41, 5.74) is 1.89. The van der Waals surface area contributed by atoms with Crippen LogP contribution in [0.25, 0.3) is 0 Å². The summed E-state index contributed by atoms with van der Waals surface area (Å²) < 4.78 is 0. The molecule has 0 bridgehead atoms. The largest absolute Gasteiger partial charge is 0.298 e. The molecule has 1 saturated carbocycles. The van der Waals surface area contributed by atoms with Crippen molar-refractivity contribution in [3.63, 3.8) is 0 Å². The Morgan fingerprint density at radius 1 is 1.28 bits per heavy atom. The molecule has 0 aromatic heterocycles. The van der Waals surface area contributed by atoms with E-state index in [9.17, 15) is 4.79 Å². The Bertz CT molecular complexity index is 647. The predicted molar refractivity (Wildman–Crippen MR) is 66.7 cm³/mol. The molecule has 1 aromatic carbocycles. The highest BCUT2D eigenvalue weighted by molar-refractivity contribution is 8.01. The second-order valence-corrected chi connectivity index (χ2v) is 5.50. The third kappa shape index (κ3) is 1.40. The average molecular weight is 252 g/mol. The molecule has 3 nitrogen and oxygen atoms in total. The number of thioether (sulfide) groups is 1. The Morgan fingerprint density at radius 3 is 2.72 bits per heavy atom. The molecule has 0 radical (unpaired) electrons. The molecule has 0 spiro atoms. The van der Waals surface area contributed by atoms with E-state index in [1.54, 1.807) is 11.8 Å². The minimum Gasteiger partial charge on any atom is -0.298 e. The molecule has 3 rings (SSSR count). The number of fused-ring (bicyclic) bond motifs is 3. The zero-order valence-corrected chi connectivity index (χ0v) is 10.2. The summed E-state index contributed by atoms with van der Waals surface area (Å²) in [5, 5.41) is 17.8. The maximum Gasteiger partial charge on any atom is 0.151 e. The number of ketones is 1. The first-order valence-corrected chi connectivity index (χ1v) is 6.45. The number of hydrogen-bond donors (Lipinski definition) is 0. The van der Waals surface area contributed by atoms with E-state index in [4.69, 9.17) is 10.5 Å². The van der Waals surface area contributed by atoms with E-state index in [1.807, 2.05) is 36.4 Å². The predicted octanol–water partition coefficient (Wildman–Crippen LogP) is 2.56. The molecular weight excluding hydrogens is 244 g/mol. The molecule has 1 heterocycles. The van der Waals surface area contributed by atoms with Crippen molar-refractivity contribution in [2.24, 2.45) is 0 Å². The van der Waals surface area contributed by atoms with Gasteiger partial charge in [-0.25, -0.2) is 0 Å². The molecule has 1 fully saturated rings. The Labute approximate surface area is 109 Å². The van der Waals surface area contributed by atoms with Crippen molar-refractivity contribution in [2.75, 3.05) is 0 Å². The summed E-state index contributed by atoms with van der Waals surface area (Å²) in [7, 11) is 0. The number of allylic oxidation sites excluding steroid dienone is 2. The number of carbonyl (C=O) groups excluding carboxylic acids is 1.